The van der Waals surface area contributed by atoms with Crippen LogP contribution in [-0.2, 0) is 0 Å². The molecule has 0 fully saturated rings. The minimum absolute atomic E-state index is 0.0747. The highest BCUT2D eigenvalue weighted by atomic mass is 19.4. The lowest BCUT2D eigenvalue weighted by Gasteiger charge is -2.18. The largest absolute Gasteiger partial charge is 0.504 e. The monoisotopic (exact) mass is 246 g/mol. The van der Waals surface area contributed by atoms with Crippen molar-refractivity contribution in [3.05, 3.63) is 23.3 Å². The third-order valence-corrected chi connectivity index (χ3v) is 2.14. The van der Waals surface area contributed by atoms with Crippen LogP contribution < -0.4 is 10.5 Å². The second-order valence-electron chi connectivity index (χ2n) is 3.25. The maximum atomic E-state index is 12.4. The van der Waals surface area contributed by atoms with Crippen molar-refractivity contribution in [1.82, 2.24) is 0 Å². The second-order valence-corrected chi connectivity index (χ2v) is 3.25. The van der Waals surface area contributed by atoms with Gasteiger partial charge in [-0.2, -0.15) is 18.4 Å². The summed E-state index contributed by atoms with van der Waals surface area (Å²) < 4.78 is 41.9. The number of phenolic OH excluding ortho intramolecular Hbond substituents is 1. The van der Waals surface area contributed by atoms with Gasteiger partial charge < -0.3 is 15.6 Å². The second kappa shape index (κ2) is 4.51. The molecule has 0 aliphatic rings. The third kappa shape index (κ3) is 2.60. The Balaban J connectivity index is 3.38. The molecular weight excluding hydrogens is 237 g/mol. The van der Waals surface area contributed by atoms with Crippen molar-refractivity contribution in [3.8, 4) is 17.6 Å². The molecule has 0 aliphatic carbocycles. The Bertz CT molecular complexity index is 466. The Labute approximate surface area is 95.0 Å². The van der Waals surface area contributed by atoms with Crippen molar-refractivity contribution in [3.63, 3.8) is 0 Å². The molecule has 1 aromatic rings. The topological polar surface area (TPSA) is 79.3 Å². The quantitative estimate of drug-likeness (QED) is 0.834. The molecule has 0 aliphatic heterocycles. The number of benzene rings is 1. The summed E-state index contributed by atoms with van der Waals surface area (Å²) in [5.74, 6) is -0.935. The van der Waals surface area contributed by atoms with E-state index >= 15 is 0 Å². The fraction of sp³-hybridized carbons (Fsp3) is 0.300. The van der Waals surface area contributed by atoms with Gasteiger partial charge in [0.2, 0.25) is 0 Å². The first-order valence-electron chi connectivity index (χ1n) is 4.44. The Hall–Kier alpha value is -1.94. The van der Waals surface area contributed by atoms with Crippen molar-refractivity contribution in [2.24, 2.45) is 5.73 Å². The molecule has 0 bridgehead atoms. The Morgan fingerprint density at radius 2 is 2.06 bits per heavy atom. The number of hydrogen-bond acceptors (Lipinski definition) is 4. The Morgan fingerprint density at radius 1 is 1.47 bits per heavy atom. The van der Waals surface area contributed by atoms with E-state index in [1.54, 1.807) is 6.07 Å². The molecule has 0 unspecified atom stereocenters. The van der Waals surface area contributed by atoms with Gasteiger partial charge in [-0.1, -0.05) is 0 Å². The van der Waals surface area contributed by atoms with Crippen LogP contribution in [0.15, 0.2) is 12.1 Å². The third-order valence-electron chi connectivity index (χ3n) is 2.14. The minimum atomic E-state index is -4.71. The van der Waals surface area contributed by atoms with Gasteiger partial charge >= 0.3 is 6.18 Å². The van der Waals surface area contributed by atoms with Crippen molar-refractivity contribution in [2.75, 3.05) is 7.11 Å². The molecule has 1 aromatic carbocycles. The normalized spacial score (nSPS) is 12.9. The van der Waals surface area contributed by atoms with E-state index < -0.39 is 23.5 Å². The Kier molecular flexibility index (Phi) is 3.48. The van der Waals surface area contributed by atoms with Gasteiger partial charge in [0.05, 0.1) is 18.7 Å². The van der Waals surface area contributed by atoms with E-state index in [2.05, 4.69) is 4.74 Å². The highest BCUT2D eigenvalue weighted by Gasteiger charge is 2.40. The number of halogens is 3. The molecular formula is C10H9F3N2O2. The van der Waals surface area contributed by atoms with Crippen LogP contribution in [0.1, 0.15) is 17.2 Å². The molecule has 0 radical (unpaired) electrons. The van der Waals surface area contributed by atoms with E-state index in [9.17, 15) is 18.3 Å². The van der Waals surface area contributed by atoms with E-state index in [1.807, 2.05) is 0 Å². The number of phenols is 1. The molecule has 1 rings (SSSR count). The maximum absolute atomic E-state index is 12.4. The summed E-state index contributed by atoms with van der Waals surface area (Å²) in [6, 6.07) is 1.30. The fourth-order valence-electron chi connectivity index (χ4n) is 1.26. The molecule has 4 nitrogen and oxygen atoms in total. The van der Waals surface area contributed by atoms with Crippen LogP contribution in [0.25, 0.3) is 0 Å². The first-order chi connectivity index (χ1) is 7.81. The summed E-state index contributed by atoms with van der Waals surface area (Å²) in [5.41, 5.74) is 4.31. The number of ether oxygens (including phenoxy) is 1. The van der Waals surface area contributed by atoms with Crippen LogP contribution >= 0.6 is 0 Å². The molecule has 1 atom stereocenters. The summed E-state index contributed by atoms with van der Waals surface area (Å²) in [7, 11) is 1.17. The smallest absolute Gasteiger partial charge is 0.407 e. The van der Waals surface area contributed by atoms with Gasteiger partial charge in [-0.15, -0.1) is 0 Å². The highest BCUT2D eigenvalue weighted by molar-refractivity contribution is 5.53. The summed E-state index contributed by atoms with van der Waals surface area (Å²) in [6.07, 6.45) is -4.71. The fourth-order valence-corrected chi connectivity index (χ4v) is 1.26. The summed E-state index contributed by atoms with van der Waals surface area (Å²) >= 11 is 0. The number of nitrogens with two attached hydrogens (primary N) is 1. The van der Waals surface area contributed by atoms with E-state index in [4.69, 9.17) is 11.0 Å². The highest BCUT2D eigenvalue weighted by Crippen LogP contribution is 2.40. The van der Waals surface area contributed by atoms with Gasteiger partial charge in [-0.3, -0.25) is 0 Å². The molecule has 0 saturated heterocycles. The standard InChI is InChI=1S/C10H9F3N2O2/c1-17-7-3-5(4-14)2-6(8(7)16)9(15)10(11,12)13/h2-3,9,16H,15H2,1H3/t9-/m1/s1. The minimum Gasteiger partial charge on any atom is -0.504 e. The Morgan fingerprint density at radius 3 is 2.47 bits per heavy atom. The number of nitriles is 1. The van der Waals surface area contributed by atoms with Crippen LogP contribution in [0.2, 0.25) is 0 Å². The van der Waals surface area contributed by atoms with Gasteiger partial charge in [0, 0.05) is 11.6 Å². The molecule has 0 saturated carbocycles. The SMILES string of the molecule is COc1cc(C#N)cc([C@@H](N)C(F)(F)F)c1O. The molecule has 0 heterocycles. The van der Waals surface area contributed by atoms with Crippen LogP contribution in [0, 0.1) is 11.3 Å². The van der Waals surface area contributed by atoms with E-state index in [0.29, 0.717) is 0 Å². The predicted octanol–water partition coefficient (Wildman–Crippen LogP) is 1.83. The molecule has 92 valence electrons. The zero-order valence-electron chi connectivity index (χ0n) is 8.75. The van der Waals surface area contributed by atoms with E-state index in [0.717, 1.165) is 12.1 Å². The average molecular weight is 246 g/mol. The molecule has 17 heavy (non-hydrogen) atoms. The van der Waals surface area contributed by atoms with Gasteiger partial charge in [0.25, 0.3) is 0 Å². The lowest BCUT2D eigenvalue weighted by Crippen LogP contribution is -2.28. The average Bonchev–Trinajstić information content (AvgIpc) is 2.27. The van der Waals surface area contributed by atoms with Gasteiger partial charge in [0.15, 0.2) is 11.5 Å². The molecule has 0 amide bonds. The summed E-state index contributed by atoms with van der Waals surface area (Å²) in [6.45, 7) is 0. The molecule has 0 aromatic heterocycles. The summed E-state index contributed by atoms with van der Waals surface area (Å²) in [4.78, 5) is 0. The number of hydrogen-bond donors (Lipinski definition) is 2. The van der Waals surface area contributed by atoms with E-state index in [-0.39, 0.29) is 11.3 Å². The van der Waals surface area contributed by atoms with Crippen LogP contribution in [0.5, 0.6) is 11.5 Å². The van der Waals surface area contributed by atoms with Crippen molar-refractivity contribution in [2.45, 2.75) is 12.2 Å². The van der Waals surface area contributed by atoms with Gasteiger partial charge in [0.1, 0.15) is 6.04 Å². The van der Waals surface area contributed by atoms with Crippen LogP contribution in [-0.4, -0.2) is 18.4 Å². The lowest BCUT2D eigenvalue weighted by molar-refractivity contribution is -0.149. The first-order valence-corrected chi connectivity index (χ1v) is 4.44. The van der Waals surface area contributed by atoms with Gasteiger partial charge in [-0.25, -0.2) is 0 Å². The van der Waals surface area contributed by atoms with Crippen molar-refractivity contribution < 1.29 is 23.0 Å². The van der Waals surface area contributed by atoms with Crippen LogP contribution in [0.3, 0.4) is 0 Å². The van der Waals surface area contributed by atoms with Crippen molar-refractivity contribution >= 4 is 0 Å². The predicted molar refractivity (Wildman–Crippen MR) is 52.4 cm³/mol. The zero-order valence-corrected chi connectivity index (χ0v) is 8.75. The molecule has 7 heteroatoms. The van der Waals surface area contributed by atoms with Crippen LogP contribution in [0.4, 0.5) is 13.2 Å². The lowest BCUT2D eigenvalue weighted by atomic mass is 10.0. The molecule has 3 N–H and O–H groups in total. The number of nitrogens with zero attached hydrogens (tertiary/aromatic N) is 1. The van der Waals surface area contributed by atoms with Gasteiger partial charge in [-0.05, 0) is 6.07 Å². The number of alkyl halides is 3. The van der Waals surface area contributed by atoms with E-state index in [1.165, 1.54) is 7.11 Å². The molecule has 0 spiro atoms. The summed E-state index contributed by atoms with van der Waals surface area (Å²) in [5, 5.41) is 18.2. The first kappa shape index (κ1) is 13.1. The number of rotatable bonds is 2. The number of aromatic hydroxyl groups is 1. The maximum Gasteiger partial charge on any atom is 0.407 e. The van der Waals surface area contributed by atoms with Crippen molar-refractivity contribution in [1.29, 1.82) is 5.26 Å². The number of methoxy groups -OCH3 is 1. The zero-order chi connectivity index (χ0) is 13.2.